The number of allylic oxidation sites excluding steroid dienone is 8. The van der Waals surface area contributed by atoms with E-state index in [2.05, 4.69) is 121 Å². The van der Waals surface area contributed by atoms with Gasteiger partial charge in [0.1, 0.15) is 10.3 Å². The second-order valence-electron chi connectivity index (χ2n) is 10.3. The molecule has 3 aromatic heterocycles. The van der Waals surface area contributed by atoms with E-state index in [1.165, 1.54) is 0 Å². The van der Waals surface area contributed by atoms with Crippen molar-refractivity contribution in [2.75, 3.05) is 0 Å². The highest BCUT2D eigenvalue weighted by Crippen LogP contribution is 2.33. The Balaban J connectivity index is 1.16. The highest BCUT2D eigenvalue weighted by atomic mass is 32.1. The maximum atomic E-state index is 5.04. The summed E-state index contributed by atoms with van der Waals surface area (Å²) >= 11 is 1.60. The van der Waals surface area contributed by atoms with E-state index in [1.54, 1.807) is 11.3 Å². The van der Waals surface area contributed by atoms with Crippen molar-refractivity contribution < 1.29 is 0 Å². The molecular formula is C27H20B4N8S. The van der Waals surface area contributed by atoms with Crippen molar-refractivity contribution in [3.05, 3.63) is 128 Å². The lowest BCUT2D eigenvalue weighted by molar-refractivity contribution is 0.622. The number of fused-ring (bicyclic) bond motifs is 13. The molecule has 0 bridgehead atoms. The van der Waals surface area contributed by atoms with Crippen LogP contribution in [0, 0.1) is 0 Å². The number of aromatic nitrogens is 4. The Kier molecular flexibility index (Phi) is 4.68. The van der Waals surface area contributed by atoms with E-state index in [-0.39, 0.29) is 27.9 Å². The van der Waals surface area contributed by atoms with Gasteiger partial charge in [-0.05, 0) is 61.2 Å². The third kappa shape index (κ3) is 3.15. The molecule has 8 heterocycles. The molecule has 0 amide bonds. The quantitative estimate of drug-likeness (QED) is 0.344. The van der Waals surface area contributed by atoms with Gasteiger partial charge in [0.15, 0.2) is 10.8 Å². The molecule has 186 valence electrons. The highest BCUT2D eigenvalue weighted by Gasteiger charge is 2.49. The van der Waals surface area contributed by atoms with Crippen LogP contribution in [0.1, 0.15) is 5.82 Å². The smallest absolute Gasteiger partial charge is 0.381 e. The lowest BCUT2D eigenvalue weighted by Crippen LogP contribution is -2.73. The average molecular weight is 532 g/mol. The van der Waals surface area contributed by atoms with Gasteiger partial charge in [-0.25, -0.2) is 15.0 Å². The maximum Gasteiger partial charge on any atom is 0.381 e. The van der Waals surface area contributed by atoms with E-state index in [4.69, 9.17) is 15.0 Å². The highest BCUT2D eigenvalue weighted by molar-refractivity contribution is 7.23. The standard InChI is InChI=1S/C27H20B4N8S/c1-2-10-23-22(9-1)33-27-39(23)24-20-32-25(34-26(24)40-27)21-11-18-38-30-14-4-7-16-36(30)28-12-3-6-15-35(28)29-13-5-8-17-37(29)31(38)19-21/h1-20H. The Morgan fingerprint density at radius 1 is 0.650 bits per heavy atom. The van der Waals surface area contributed by atoms with Crippen LogP contribution < -0.4 is 0 Å². The van der Waals surface area contributed by atoms with E-state index in [9.17, 15) is 0 Å². The fourth-order valence-corrected chi connectivity index (χ4v) is 7.29. The van der Waals surface area contributed by atoms with Crippen LogP contribution in [-0.4, -0.2) is 66.2 Å². The molecule has 0 unspecified atom stereocenters. The molecule has 9 rings (SSSR count). The number of thiazole rings is 1. The molecule has 0 spiro atoms. The minimum Gasteiger partial charge on any atom is -0.423 e. The zero-order valence-electron chi connectivity index (χ0n) is 21.3. The van der Waals surface area contributed by atoms with Crippen molar-refractivity contribution in [3.8, 4) is 0 Å². The van der Waals surface area contributed by atoms with Gasteiger partial charge in [0.2, 0.25) is 0 Å². The summed E-state index contributed by atoms with van der Waals surface area (Å²) in [6.45, 7) is 0.155. The van der Waals surface area contributed by atoms with E-state index in [0.717, 1.165) is 37.7 Å². The Labute approximate surface area is 236 Å². The molecule has 4 aromatic rings. The van der Waals surface area contributed by atoms with Crippen molar-refractivity contribution in [1.29, 1.82) is 0 Å². The van der Waals surface area contributed by atoms with Gasteiger partial charge in [-0.1, -0.05) is 65.6 Å². The van der Waals surface area contributed by atoms with Gasteiger partial charge in [0.25, 0.3) is 0 Å². The van der Waals surface area contributed by atoms with Crippen LogP contribution in [0.15, 0.2) is 122 Å². The van der Waals surface area contributed by atoms with Gasteiger partial charge < -0.3 is 18.9 Å². The molecule has 1 aromatic carbocycles. The third-order valence-electron chi connectivity index (χ3n) is 8.11. The monoisotopic (exact) mass is 532 g/mol. The number of imidazole rings is 1. The summed E-state index contributed by atoms with van der Waals surface area (Å²) in [6, 6.07) is 8.20. The summed E-state index contributed by atoms with van der Waals surface area (Å²) in [6.07, 6.45) is 25.6. The molecule has 0 radical (unpaired) electrons. The van der Waals surface area contributed by atoms with Gasteiger partial charge in [0.05, 0.1) is 17.2 Å². The van der Waals surface area contributed by atoms with Crippen LogP contribution in [-0.2, 0) is 0 Å². The zero-order chi connectivity index (χ0) is 26.2. The first kappa shape index (κ1) is 22.2. The number of benzene rings is 1. The number of hydrogen-bond acceptors (Lipinski definition) is 8. The minimum atomic E-state index is -0.0426. The van der Waals surface area contributed by atoms with Crippen LogP contribution in [0.2, 0.25) is 0 Å². The molecule has 5 aliphatic heterocycles. The van der Waals surface area contributed by atoms with Crippen molar-refractivity contribution in [1.82, 2.24) is 38.2 Å². The first-order valence-electron chi connectivity index (χ1n) is 13.4. The summed E-state index contributed by atoms with van der Waals surface area (Å²) in [5.74, 6) is 9.80. The normalized spacial score (nSPS) is 19.1. The summed E-state index contributed by atoms with van der Waals surface area (Å²) in [5, 5.41) is 0. The molecule has 1 saturated heterocycles. The molecule has 8 nitrogen and oxygen atoms in total. The molecule has 0 atom stereocenters. The van der Waals surface area contributed by atoms with Crippen LogP contribution >= 0.6 is 11.3 Å². The van der Waals surface area contributed by atoms with Gasteiger partial charge in [0, 0.05) is 5.57 Å². The van der Waals surface area contributed by atoms with Gasteiger partial charge in [-0.3, -0.25) is 4.40 Å². The maximum absolute atomic E-state index is 5.04. The molecule has 13 heteroatoms. The van der Waals surface area contributed by atoms with Gasteiger partial charge >= 0.3 is 27.9 Å². The lowest BCUT2D eigenvalue weighted by atomic mass is 9.41. The van der Waals surface area contributed by atoms with Crippen LogP contribution in [0.4, 0.5) is 0 Å². The van der Waals surface area contributed by atoms with Crippen molar-refractivity contribution in [2.45, 2.75) is 0 Å². The fraction of sp³-hybridized carbons (Fsp3) is 0. The Morgan fingerprint density at radius 3 is 2.02 bits per heavy atom. The first-order chi connectivity index (χ1) is 19.8. The topological polar surface area (TPSA) is 56.0 Å². The second-order valence-corrected chi connectivity index (χ2v) is 11.2. The first-order valence-corrected chi connectivity index (χ1v) is 14.2. The van der Waals surface area contributed by atoms with Crippen LogP contribution in [0.25, 0.3) is 31.9 Å². The third-order valence-corrected chi connectivity index (χ3v) is 9.06. The van der Waals surface area contributed by atoms with Crippen molar-refractivity contribution in [2.24, 2.45) is 0 Å². The Hall–Kier alpha value is -4.63. The molecular weight excluding hydrogens is 512 g/mol. The van der Waals surface area contributed by atoms with Gasteiger partial charge in [-0.15, -0.1) is 0 Å². The van der Waals surface area contributed by atoms with E-state index < -0.39 is 0 Å². The Morgan fingerprint density at radius 2 is 1.30 bits per heavy atom. The average Bonchev–Trinajstić information content (AvgIpc) is 3.56. The molecule has 5 aliphatic rings. The molecule has 0 saturated carbocycles. The predicted octanol–water partition coefficient (Wildman–Crippen LogP) is 3.98. The summed E-state index contributed by atoms with van der Waals surface area (Å²) in [7, 11) is 0. The molecule has 0 aliphatic carbocycles. The fourth-order valence-electron chi connectivity index (χ4n) is 6.30. The summed E-state index contributed by atoms with van der Waals surface area (Å²) < 4.78 is 11.8. The summed E-state index contributed by atoms with van der Waals surface area (Å²) in [4.78, 5) is 16.6. The predicted molar refractivity (Wildman–Crippen MR) is 166 cm³/mol. The minimum absolute atomic E-state index is 0.0426. The molecule has 0 N–H and O–H groups in total. The lowest BCUT2D eigenvalue weighted by Gasteiger charge is -2.53. The van der Waals surface area contributed by atoms with E-state index >= 15 is 0 Å². The van der Waals surface area contributed by atoms with E-state index in [1.807, 2.05) is 24.4 Å². The number of rotatable bonds is 1. The second kappa shape index (κ2) is 8.43. The van der Waals surface area contributed by atoms with Gasteiger partial charge in [-0.2, -0.15) is 0 Å². The van der Waals surface area contributed by atoms with Crippen LogP contribution in [0.3, 0.4) is 0 Å². The summed E-state index contributed by atoms with van der Waals surface area (Å²) in [5.41, 5.74) is 4.06. The van der Waals surface area contributed by atoms with Crippen molar-refractivity contribution >= 4 is 71.2 Å². The Bertz CT molecular complexity index is 1920. The SMILES string of the molecule is C1=CB2N(C=C1)B1C=CC=CN1B1C=C(c3ncc4c(n3)sc3nc5ccccc5n34)C=CN1B1C=CC=CN21. The number of hydrogen-bond donors (Lipinski definition) is 0. The number of para-hydroxylation sites is 2. The zero-order valence-corrected chi connectivity index (χ0v) is 22.2. The van der Waals surface area contributed by atoms with Crippen molar-refractivity contribution in [3.63, 3.8) is 0 Å². The van der Waals surface area contributed by atoms with E-state index in [0.29, 0.717) is 0 Å². The molecule has 1 fully saturated rings. The largest absolute Gasteiger partial charge is 0.423 e. The van der Waals surface area contributed by atoms with Crippen LogP contribution in [0.5, 0.6) is 0 Å². The number of nitrogens with zero attached hydrogens (tertiary/aromatic N) is 8. The molecule has 40 heavy (non-hydrogen) atoms.